The van der Waals surface area contributed by atoms with Crippen molar-refractivity contribution < 1.29 is 5.21 Å². The van der Waals surface area contributed by atoms with Crippen LogP contribution in [0.5, 0.6) is 0 Å². The van der Waals surface area contributed by atoms with Crippen LogP contribution in [-0.2, 0) is 0 Å². The first-order valence-corrected chi connectivity index (χ1v) is 7.79. The van der Waals surface area contributed by atoms with Crippen LogP contribution in [0.3, 0.4) is 0 Å². The molecule has 2 aliphatic carbocycles. The normalized spacial score (nSPS) is 18.9. The van der Waals surface area contributed by atoms with Gasteiger partial charge in [-0.1, -0.05) is 5.16 Å². The van der Waals surface area contributed by atoms with E-state index < -0.39 is 0 Å². The smallest absolute Gasteiger partial charge is 0.174 e. The molecule has 0 atom stereocenters. The van der Waals surface area contributed by atoms with Crippen molar-refractivity contribution in [1.29, 1.82) is 0 Å². The minimum Gasteiger partial charge on any atom is -0.409 e. The molecular formula is C16H24N4O. The van der Waals surface area contributed by atoms with E-state index in [1.165, 1.54) is 25.7 Å². The maximum atomic E-state index is 9.09. The second-order valence-corrected chi connectivity index (χ2v) is 6.52. The van der Waals surface area contributed by atoms with E-state index in [0.29, 0.717) is 0 Å². The maximum Gasteiger partial charge on any atom is 0.174 e. The maximum absolute atomic E-state index is 9.09. The Morgan fingerprint density at radius 2 is 1.86 bits per heavy atom. The molecule has 3 rings (SSSR count). The third-order valence-corrected chi connectivity index (χ3v) is 4.36. The van der Waals surface area contributed by atoms with Crippen molar-refractivity contribution >= 4 is 11.5 Å². The number of nitrogens with zero attached hydrogens (tertiary/aromatic N) is 3. The van der Waals surface area contributed by atoms with Gasteiger partial charge in [0.2, 0.25) is 0 Å². The van der Waals surface area contributed by atoms with Crippen molar-refractivity contribution in [1.82, 2.24) is 4.98 Å². The molecule has 2 aliphatic rings. The van der Waals surface area contributed by atoms with Crippen LogP contribution in [0, 0.1) is 25.7 Å². The molecule has 0 unspecified atom stereocenters. The molecule has 0 radical (unpaired) electrons. The van der Waals surface area contributed by atoms with E-state index >= 15 is 0 Å². The van der Waals surface area contributed by atoms with E-state index in [1.54, 1.807) is 0 Å². The van der Waals surface area contributed by atoms with Gasteiger partial charge in [0, 0.05) is 18.8 Å². The van der Waals surface area contributed by atoms with Gasteiger partial charge in [0.15, 0.2) is 5.84 Å². The molecule has 2 saturated carbocycles. The molecule has 5 nitrogen and oxygen atoms in total. The van der Waals surface area contributed by atoms with Crippen LogP contribution in [-0.4, -0.2) is 29.1 Å². The molecule has 5 heteroatoms. The first-order chi connectivity index (χ1) is 10.1. The molecule has 0 bridgehead atoms. The summed E-state index contributed by atoms with van der Waals surface area (Å²) in [5, 5.41) is 12.3. The average molecular weight is 288 g/mol. The van der Waals surface area contributed by atoms with Gasteiger partial charge in [0.1, 0.15) is 0 Å². The number of aromatic nitrogens is 1. The third kappa shape index (κ3) is 3.28. The lowest BCUT2D eigenvalue weighted by molar-refractivity contribution is 0.318. The first-order valence-electron chi connectivity index (χ1n) is 7.79. The number of nitrogens with two attached hydrogens (primary N) is 1. The van der Waals surface area contributed by atoms with Crippen molar-refractivity contribution in [3.05, 3.63) is 23.0 Å². The van der Waals surface area contributed by atoms with Crippen LogP contribution in [0.25, 0.3) is 0 Å². The zero-order chi connectivity index (χ0) is 15.0. The summed E-state index contributed by atoms with van der Waals surface area (Å²) in [4.78, 5) is 6.91. The van der Waals surface area contributed by atoms with E-state index in [9.17, 15) is 0 Å². The number of aryl methyl sites for hydroxylation is 2. The van der Waals surface area contributed by atoms with Gasteiger partial charge in [0.05, 0.1) is 16.9 Å². The second kappa shape index (κ2) is 5.54. The zero-order valence-electron chi connectivity index (χ0n) is 12.8. The Balaban J connectivity index is 1.98. The van der Waals surface area contributed by atoms with Crippen molar-refractivity contribution in [2.45, 2.75) is 39.5 Å². The Labute approximate surface area is 125 Å². The van der Waals surface area contributed by atoms with Gasteiger partial charge >= 0.3 is 0 Å². The van der Waals surface area contributed by atoms with E-state index in [4.69, 9.17) is 10.9 Å². The number of anilines is 1. The van der Waals surface area contributed by atoms with Crippen LogP contribution in [0.15, 0.2) is 11.2 Å². The van der Waals surface area contributed by atoms with Gasteiger partial charge in [-0.05, 0) is 57.4 Å². The number of oxime groups is 1. The molecule has 1 heterocycles. The molecule has 2 fully saturated rings. The molecular weight excluding hydrogens is 264 g/mol. The number of pyridine rings is 1. The molecule has 3 N–H and O–H groups in total. The Morgan fingerprint density at radius 1 is 1.29 bits per heavy atom. The molecule has 21 heavy (non-hydrogen) atoms. The lowest BCUT2D eigenvalue weighted by Crippen LogP contribution is -2.31. The monoisotopic (exact) mass is 288 g/mol. The first kappa shape index (κ1) is 14.2. The van der Waals surface area contributed by atoms with E-state index in [1.807, 2.05) is 13.8 Å². The highest BCUT2D eigenvalue weighted by Crippen LogP contribution is 2.37. The fourth-order valence-corrected chi connectivity index (χ4v) is 2.92. The molecule has 0 amide bonds. The summed E-state index contributed by atoms with van der Waals surface area (Å²) in [5.74, 6) is 1.77. The molecule has 0 aliphatic heterocycles. The van der Waals surface area contributed by atoms with Crippen molar-refractivity contribution in [3.63, 3.8) is 0 Å². The molecule has 0 saturated heterocycles. The molecule has 1 aromatic heterocycles. The summed E-state index contributed by atoms with van der Waals surface area (Å²) in [5.41, 5.74) is 9.58. The Kier molecular flexibility index (Phi) is 3.74. The number of hydrogen-bond acceptors (Lipinski definition) is 4. The molecule has 1 aromatic rings. The van der Waals surface area contributed by atoms with Gasteiger partial charge < -0.3 is 15.8 Å². The summed E-state index contributed by atoms with van der Waals surface area (Å²) in [6, 6.07) is 2.07. The zero-order valence-corrected chi connectivity index (χ0v) is 12.8. The molecule has 114 valence electrons. The molecule has 0 spiro atoms. The SMILES string of the molecule is Cc1cc(N(CC2CC2)CC2CC2)c(/C(N)=N/O)c(C)n1. The van der Waals surface area contributed by atoms with Crippen molar-refractivity contribution in [2.24, 2.45) is 22.7 Å². The van der Waals surface area contributed by atoms with Crippen LogP contribution < -0.4 is 10.6 Å². The van der Waals surface area contributed by atoms with Crippen LogP contribution >= 0.6 is 0 Å². The second-order valence-electron chi connectivity index (χ2n) is 6.52. The lowest BCUT2D eigenvalue weighted by Gasteiger charge is -2.28. The van der Waals surface area contributed by atoms with Crippen molar-refractivity contribution in [2.75, 3.05) is 18.0 Å². The topological polar surface area (TPSA) is 74.7 Å². The largest absolute Gasteiger partial charge is 0.409 e. The third-order valence-electron chi connectivity index (χ3n) is 4.36. The highest BCUT2D eigenvalue weighted by atomic mass is 16.4. The quantitative estimate of drug-likeness (QED) is 0.365. The Bertz CT molecular complexity index is 548. The Hall–Kier alpha value is -1.78. The van der Waals surface area contributed by atoms with Gasteiger partial charge in [-0.2, -0.15) is 0 Å². The summed E-state index contributed by atoms with van der Waals surface area (Å²) in [6.07, 6.45) is 5.29. The minimum atomic E-state index is 0.159. The fraction of sp³-hybridized carbons (Fsp3) is 0.625. The van der Waals surface area contributed by atoms with E-state index in [2.05, 4.69) is 21.1 Å². The minimum absolute atomic E-state index is 0.159. The summed E-state index contributed by atoms with van der Waals surface area (Å²) >= 11 is 0. The van der Waals surface area contributed by atoms with Crippen molar-refractivity contribution in [3.8, 4) is 0 Å². The van der Waals surface area contributed by atoms with Gasteiger partial charge in [-0.15, -0.1) is 0 Å². The standard InChI is InChI=1S/C16H24N4O/c1-10-7-14(15(11(2)18-10)16(17)19-21)20(8-12-3-4-12)9-13-5-6-13/h7,12-13,21H,3-6,8-9H2,1-2H3,(H2,17,19). The number of hydrogen-bond donors (Lipinski definition) is 2. The summed E-state index contributed by atoms with van der Waals surface area (Å²) < 4.78 is 0. The summed E-state index contributed by atoms with van der Waals surface area (Å²) in [7, 11) is 0. The van der Waals surface area contributed by atoms with Crippen LogP contribution in [0.2, 0.25) is 0 Å². The Morgan fingerprint density at radius 3 is 2.33 bits per heavy atom. The number of amidine groups is 1. The fourth-order valence-electron chi connectivity index (χ4n) is 2.92. The van der Waals surface area contributed by atoms with Gasteiger partial charge in [0.25, 0.3) is 0 Å². The predicted octanol–water partition coefficient (Wildman–Crippen LogP) is 2.42. The molecule has 0 aromatic carbocycles. The van der Waals surface area contributed by atoms with Crippen LogP contribution in [0.4, 0.5) is 5.69 Å². The highest BCUT2D eigenvalue weighted by molar-refractivity contribution is 6.03. The summed E-state index contributed by atoms with van der Waals surface area (Å²) in [6.45, 7) is 6.07. The highest BCUT2D eigenvalue weighted by Gasteiger charge is 2.31. The van der Waals surface area contributed by atoms with Crippen LogP contribution in [0.1, 0.15) is 42.6 Å². The lowest BCUT2D eigenvalue weighted by atomic mass is 10.1. The predicted molar refractivity (Wildman–Crippen MR) is 83.9 cm³/mol. The number of rotatable bonds is 6. The van der Waals surface area contributed by atoms with E-state index in [-0.39, 0.29) is 5.84 Å². The van der Waals surface area contributed by atoms with E-state index in [0.717, 1.165) is 47.6 Å². The van der Waals surface area contributed by atoms with Gasteiger partial charge in [-0.25, -0.2) is 0 Å². The average Bonchev–Trinajstić information content (AvgIpc) is 3.31. The van der Waals surface area contributed by atoms with Gasteiger partial charge in [-0.3, -0.25) is 4.98 Å².